The van der Waals surface area contributed by atoms with Gasteiger partial charge in [0, 0.05) is 6.07 Å². The van der Waals surface area contributed by atoms with Gasteiger partial charge in [0.15, 0.2) is 0 Å². The van der Waals surface area contributed by atoms with Crippen LogP contribution in [0, 0.1) is 10.1 Å². The number of nitrogens with one attached hydrogen (secondary N) is 2. The Morgan fingerprint density at radius 2 is 2.10 bits per heavy atom. The smallest absolute Gasteiger partial charge is 0.287 e. The van der Waals surface area contributed by atoms with E-state index in [1.54, 1.807) is 24.3 Å². The van der Waals surface area contributed by atoms with E-state index in [9.17, 15) is 19.7 Å². The number of amides is 2. The normalized spacial score (nSPS) is 13.5. The van der Waals surface area contributed by atoms with Gasteiger partial charge < -0.3 is 10.3 Å². The van der Waals surface area contributed by atoms with Crippen LogP contribution >= 0.6 is 0 Å². The van der Waals surface area contributed by atoms with Gasteiger partial charge in [-0.15, -0.1) is 0 Å². The first-order valence-electron chi connectivity index (χ1n) is 6.10. The summed E-state index contributed by atoms with van der Waals surface area (Å²) in [4.78, 5) is 38.0. The minimum absolute atomic E-state index is 0.0613. The number of carbonyl (C=O) groups is 2. The number of carbonyl (C=O) groups excluding carboxylic acids is 2. The molecule has 0 saturated heterocycles. The third kappa shape index (κ3) is 2.22. The second-order valence-electron chi connectivity index (χ2n) is 4.49. The molecule has 21 heavy (non-hydrogen) atoms. The first-order valence-corrected chi connectivity index (χ1v) is 6.10. The van der Waals surface area contributed by atoms with Crippen LogP contribution in [-0.2, 0) is 4.79 Å². The molecule has 0 atom stereocenters. The number of para-hydroxylation sites is 2. The van der Waals surface area contributed by atoms with Crippen LogP contribution in [0.25, 0.3) is 0 Å². The zero-order valence-electron chi connectivity index (χ0n) is 10.7. The van der Waals surface area contributed by atoms with Crippen molar-refractivity contribution in [2.45, 2.75) is 0 Å². The lowest BCUT2D eigenvalue weighted by Gasteiger charge is -2.28. The highest BCUT2D eigenvalue weighted by Gasteiger charge is 2.28. The van der Waals surface area contributed by atoms with Crippen LogP contribution in [0.4, 0.5) is 17.1 Å². The number of anilines is 2. The van der Waals surface area contributed by atoms with E-state index in [2.05, 4.69) is 10.3 Å². The van der Waals surface area contributed by atoms with E-state index in [4.69, 9.17) is 0 Å². The van der Waals surface area contributed by atoms with Crippen LogP contribution in [0.5, 0.6) is 0 Å². The number of aromatic nitrogens is 1. The van der Waals surface area contributed by atoms with Crippen molar-refractivity contribution in [3.8, 4) is 0 Å². The van der Waals surface area contributed by atoms with E-state index in [1.165, 1.54) is 4.90 Å². The van der Waals surface area contributed by atoms with Gasteiger partial charge in [0.05, 0.1) is 22.5 Å². The zero-order chi connectivity index (χ0) is 15.0. The topological polar surface area (TPSA) is 108 Å². The molecule has 1 aromatic carbocycles. The van der Waals surface area contributed by atoms with Crippen molar-refractivity contribution < 1.29 is 14.5 Å². The van der Waals surface area contributed by atoms with E-state index >= 15 is 0 Å². The van der Waals surface area contributed by atoms with Crippen LogP contribution in [0.3, 0.4) is 0 Å². The molecule has 8 nitrogen and oxygen atoms in total. The third-order valence-corrected chi connectivity index (χ3v) is 3.12. The maximum atomic E-state index is 12.4. The number of rotatable bonds is 2. The molecule has 0 spiro atoms. The molecule has 2 heterocycles. The van der Waals surface area contributed by atoms with Gasteiger partial charge in [0.2, 0.25) is 5.91 Å². The molecule has 3 rings (SSSR count). The molecule has 1 aromatic heterocycles. The molecule has 106 valence electrons. The number of aromatic amines is 1. The molecular weight excluding hydrogens is 276 g/mol. The van der Waals surface area contributed by atoms with E-state index in [0.29, 0.717) is 11.4 Å². The zero-order valence-corrected chi connectivity index (χ0v) is 10.7. The molecule has 0 fully saturated rings. The first-order chi connectivity index (χ1) is 10.1. The summed E-state index contributed by atoms with van der Waals surface area (Å²) in [6.45, 7) is -0.136. The number of H-pyrrole nitrogens is 1. The molecule has 1 aliphatic heterocycles. The van der Waals surface area contributed by atoms with Crippen LogP contribution in [0.1, 0.15) is 10.5 Å². The maximum absolute atomic E-state index is 12.4. The quantitative estimate of drug-likeness (QED) is 0.644. The number of benzene rings is 1. The standard InChI is InChI=1S/C13H10N4O4/c18-12-7-16(11-4-2-1-3-9(11)15-12)13(19)10-5-8(6-14-10)17(20)21/h1-6,14H,7H2,(H,15,18). The van der Waals surface area contributed by atoms with Gasteiger partial charge in [-0.1, -0.05) is 12.1 Å². The average Bonchev–Trinajstić information content (AvgIpc) is 2.95. The number of nitro groups is 1. The number of hydrogen-bond donors (Lipinski definition) is 2. The summed E-state index contributed by atoms with van der Waals surface area (Å²) >= 11 is 0. The van der Waals surface area contributed by atoms with Gasteiger partial charge in [-0.25, -0.2) is 0 Å². The van der Waals surface area contributed by atoms with Crippen molar-refractivity contribution in [1.29, 1.82) is 0 Å². The molecule has 0 unspecified atom stereocenters. The van der Waals surface area contributed by atoms with E-state index in [0.717, 1.165) is 12.3 Å². The highest BCUT2D eigenvalue weighted by Crippen LogP contribution is 2.30. The van der Waals surface area contributed by atoms with Gasteiger partial charge >= 0.3 is 0 Å². The van der Waals surface area contributed by atoms with Crippen molar-refractivity contribution in [3.05, 3.63) is 52.3 Å². The van der Waals surface area contributed by atoms with Crippen molar-refractivity contribution in [1.82, 2.24) is 4.98 Å². The third-order valence-electron chi connectivity index (χ3n) is 3.12. The van der Waals surface area contributed by atoms with E-state index in [1.807, 2.05) is 0 Å². The Hall–Kier alpha value is -3.16. The summed E-state index contributed by atoms with van der Waals surface area (Å²) in [5.74, 6) is -0.812. The molecule has 1 aliphatic rings. The predicted octanol–water partition coefficient (Wildman–Crippen LogP) is 1.52. The van der Waals surface area contributed by atoms with Crippen LogP contribution in [-0.4, -0.2) is 28.3 Å². The summed E-state index contributed by atoms with van der Waals surface area (Å²) < 4.78 is 0. The SMILES string of the molecule is O=C1CN(C(=O)c2cc([N+](=O)[O-])c[nH]2)c2ccccc2N1. The van der Waals surface area contributed by atoms with Gasteiger partial charge in [-0.2, -0.15) is 0 Å². The largest absolute Gasteiger partial charge is 0.351 e. The fraction of sp³-hybridized carbons (Fsp3) is 0.0769. The second kappa shape index (κ2) is 4.75. The maximum Gasteiger partial charge on any atom is 0.287 e. The van der Waals surface area contributed by atoms with E-state index in [-0.39, 0.29) is 23.8 Å². The summed E-state index contributed by atoms with van der Waals surface area (Å²) in [6.07, 6.45) is 1.14. The number of fused-ring (bicyclic) bond motifs is 1. The lowest BCUT2D eigenvalue weighted by molar-refractivity contribution is -0.384. The molecule has 2 amide bonds. The number of hydrogen-bond acceptors (Lipinski definition) is 4. The van der Waals surface area contributed by atoms with Crippen molar-refractivity contribution in [2.24, 2.45) is 0 Å². The molecule has 2 aromatic rings. The van der Waals surface area contributed by atoms with Gasteiger partial charge in [0.25, 0.3) is 11.6 Å². The second-order valence-corrected chi connectivity index (χ2v) is 4.49. The molecular formula is C13H10N4O4. The first kappa shape index (κ1) is 12.9. The lowest BCUT2D eigenvalue weighted by Crippen LogP contribution is -2.42. The van der Waals surface area contributed by atoms with Gasteiger partial charge in [0.1, 0.15) is 12.2 Å². The summed E-state index contributed by atoms with van der Waals surface area (Å²) in [5, 5.41) is 13.3. The molecule has 8 heteroatoms. The molecule has 2 N–H and O–H groups in total. The van der Waals surface area contributed by atoms with Crippen molar-refractivity contribution in [2.75, 3.05) is 16.8 Å². The molecule has 0 bridgehead atoms. The summed E-state index contributed by atoms with van der Waals surface area (Å²) in [7, 11) is 0. The molecule has 0 saturated carbocycles. The monoisotopic (exact) mass is 286 g/mol. The van der Waals surface area contributed by atoms with Crippen LogP contribution < -0.4 is 10.2 Å². The fourth-order valence-corrected chi connectivity index (χ4v) is 2.17. The van der Waals surface area contributed by atoms with Gasteiger partial charge in [-0.3, -0.25) is 24.6 Å². The van der Waals surface area contributed by atoms with Crippen LogP contribution in [0.2, 0.25) is 0 Å². The summed E-state index contributed by atoms with van der Waals surface area (Å²) in [5.41, 5.74) is 0.946. The Bertz CT molecular complexity index is 752. The van der Waals surface area contributed by atoms with E-state index < -0.39 is 10.8 Å². The molecule has 0 radical (unpaired) electrons. The minimum atomic E-state index is -0.593. The Kier molecular flexibility index (Phi) is 2.90. The highest BCUT2D eigenvalue weighted by molar-refractivity contribution is 6.14. The Morgan fingerprint density at radius 3 is 2.81 bits per heavy atom. The van der Waals surface area contributed by atoms with Crippen molar-refractivity contribution in [3.63, 3.8) is 0 Å². The number of nitrogens with zero attached hydrogens (tertiary/aromatic N) is 2. The Labute approximate surface area is 118 Å². The lowest BCUT2D eigenvalue weighted by atomic mass is 10.2. The Balaban J connectivity index is 1.97. The highest BCUT2D eigenvalue weighted by atomic mass is 16.6. The molecule has 0 aliphatic carbocycles. The average molecular weight is 286 g/mol. The predicted molar refractivity (Wildman–Crippen MR) is 74.2 cm³/mol. The van der Waals surface area contributed by atoms with Crippen molar-refractivity contribution >= 4 is 28.9 Å². The summed E-state index contributed by atoms with van der Waals surface area (Å²) in [6, 6.07) is 8.02. The van der Waals surface area contributed by atoms with Gasteiger partial charge in [-0.05, 0) is 12.1 Å². The van der Waals surface area contributed by atoms with Crippen LogP contribution in [0.15, 0.2) is 36.5 Å². The Morgan fingerprint density at radius 1 is 1.33 bits per heavy atom. The fourth-order valence-electron chi connectivity index (χ4n) is 2.17. The minimum Gasteiger partial charge on any atom is -0.351 e.